The lowest BCUT2D eigenvalue weighted by Gasteiger charge is -2.13. The van der Waals surface area contributed by atoms with Gasteiger partial charge in [0.05, 0.1) is 5.52 Å². The Morgan fingerprint density at radius 1 is 0.347 bits per heavy atom. The number of aromatic nitrogens is 1. The van der Waals surface area contributed by atoms with Crippen LogP contribution in [0.2, 0.25) is 0 Å². The van der Waals surface area contributed by atoms with Crippen molar-refractivity contribution in [2.24, 2.45) is 0 Å². The van der Waals surface area contributed by atoms with Gasteiger partial charge in [-0.15, -0.1) is 0 Å². The molecule has 0 unspecified atom stereocenters. The average Bonchev–Trinajstić information content (AvgIpc) is 3.86. The molecular weight excluding hydrogens is 602 g/mol. The lowest BCUT2D eigenvalue weighted by Crippen LogP contribution is -1.91. The van der Waals surface area contributed by atoms with Crippen molar-refractivity contribution in [2.75, 3.05) is 0 Å². The predicted molar refractivity (Wildman–Crippen MR) is 200 cm³/mol. The molecular formula is C45H25NO3. The second kappa shape index (κ2) is 9.93. The molecule has 0 radical (unpaired) electrons. The van der Waals surface area contributed by atoms with E-state index in [1.54, 1.807) is 0 Å². The molecule has 0 aliphatic rings. The van der Waals surface area contributed by atoms with Crippen LogP contribution < -0.4 is 0 Å². The van der Waals surface area contributed by atoms with Gasteiger partial charge in [-0.3, -0.25) is 0 Å². The molecule has 0 saturated heterocycles. The minimum Gasteiger partial charge on any atom is -0.455 e. The summed E-state index contributed by atoms with van der Waals surface area (Å²) in [6, 6.07) is 52.4. The molecule has 0 N–H and O–H groups in total. The molecule has 7 aromatic carbocycles. The van der Waals surface area contributed by atoms with Gasteiger partial charge in [0, 0.05) is 54.4 Å². The van der Waals surface area contributed by atoms with Crippen LogP contribution in [0.5, 0.6) is 0 Å². The van der Waals surface area contributed by atoms with Crippen molar-refractivity contribution in [1.29, 1.82) is 0 Å². The summed E-state index contributed by atoms with van der Waals surface area (Å²) in [5.41, 5.74) is 11.8. The van der Waals surface area contributed by atoms with Gasteiger partial charge in [0.2, 0.25) is 0 Å². The van der Waals surface area contributed by atoms with Crippen molar-refractivity contribution >= 4 is 76.7 Å². The first-order chi connectivity index (χ1) is 24.3. The average molecular weight is 628 g/mol. The second-order valence-corrected chi connectivity index (χ2v) is 12.6. The molecule has 0 saturated carbocycles. The molecule has 0 aliphatic carbocycles. The number of pyridine rings is 1. The Bertz CT molecular complexity index is 2990. The van der Waals surface area contributed by atoms with Gasteiger partial charge in [-0.1, -0.05) is 109 Å². The molecule has 0 aliphatic heterocycles. The molecule has 228 valence electrons. The van der Waals surface area contributed by atoms with Crippen LogP contribution in [0.3, 0.4) is 0 Å². The zero-order valence-corrected chi connectivity index (χ0v) is 26.1. The Kier molecular flexibility index (Phi) is 5.35. The maximum atomic E-state index is 6.66. The van der Waals surface area contributed by atoms with E-state index in [1.807, 2.05) is 42.5 Å². The van der Waals surface area contributed by atoms with Crippen LogP contribution in [-0.4, -0.2) is 4.98 Å². The Hall–Kier alpha value is -6.65. The predicted octanol–water partition coefficient (Wildman–Crippen LogP) is 12.9. The van der Waals surface area contributed by atoms with Crippen molar-refractivity contribution in [3.63, 3.8) is 0 Å². The minimum absolute atomic E-state index is 0.770. The number of fused-ring (bicyclic) bond motifs is 11. The first kappa shape index (κ1) is 26.4. The highest BCUT2D eigenvalue weighted by Crippen LogP contribution is 2.44. The normalized spacial score (nSPS) is 12.1. The first-order valence-electron chi connectivity index (χ1n) is 16.5. The van der Waals surface area contributed by atoms with E-state index >= 15 is 0 Å². The highest BCUT2D eigenvalue weighted by Gasteiger charge is 2.21. The van der Waals surface area contributed by atoms with Crippen LogP contribution in [0.15, 0.2) is 165 Å². The van der Waals surface area contributed by atoms with Crippen LogP contribution >= 0.6 is 0 Å². The summed E-state index contributed by atoms with van der Waals surface area (Å²) in [7, 11) is 0. The number of nitrogens with zero attached hydrogens (tertiary/aromatic N) is 1. The van der Waals surface area contributed by atoms with E-state index in [9.17, 15) is 0 Å². The van der Waals surface area contributed by atoms with E-state index < -0.39 is 0 Å². The van der Waals surface area contributed by atoms with Crippen molar-refractivity contribution in [2.45, 2.75) is 0 Å². The Labute approximate surface area is 279 Å². The third kappa shape index (κ3) is 3.83. The third-order valence-corrected chi connectivity index (χ3v) is 9.85. The van der Waals surface area contributed by atoms with Crippen LogP contribution in [0.4, 0.5) is 0 Å². The van der Waals surface area contributed by atoms with E-state index in [2.05, 4.69) is 109 Å². The highest BCUT2D eigenvalue weighted by atomic mass is 16.3. The largest absolute Gasteiger partial charge is 0.455 e. The van der Waals surface area contributed by atoms with Crippen molar-refractivity contribution in [3.8, 4) is 33.5 Å². The van der Waals surface area contributed by atoms with Gasteiger partial charge >= 0.3 is 0 Å². The first-order valence-corrected chi connectivity index (χ1v) is 16.5. The van der Waals surface area contributed by atoms with Crippen LogP contribution in [-0.2, 0) is 0 Å². The number of rotatable bonds is 3. The molecule has 0 atom stereocenters. The molecule has 4 aromatic heterocycles. The van der Waals surface area contributed by atoms with Crippen molar-refractivity contribution in [3.05, 3.63) is 152 Å². The second-order valence-electron chi connectivity index (χ2n) is 12.6. The van der Waals surface area contributed by atoms with Gasteiger partial charge in [-0.05, 0) is 53.6 Å². The van der Waals surface area contributed by atoms with E-state index in [0.717, 1.165) is 110 Å². The molecule has 0 spiro atoms. The summed E-state index contributed by atoms with van der Waals surface area (Å²) in [5, 5.41) is 7.59. The SMILES string of the molecule is c1ccc2c(c1)nc(-c1cc(-c3cccc4c3oc3ccccc34)cc(-c3cccc4c3oc3ccccc34)c1)c1oc3ccccc3c12. The fourth-order valence-corrected chi connectivity index (χ4v) is 7.65. The fourth-order valence-electron chi connectivity index (χ4n) is 7.65. The number of furan rings is 3. The zero-order chi connectivity index (χ0) is 32.1. The number of hydrogen-bond acceptors (Lipinski definition) is 4. The smallest absolute Gasteiger partial charge is 0.162 e. The topological polar surface area (TPSA) is 52.3 Å². The highest BCUT2D eigenvalue weighted by molar-refractivity contribution is 6.21. The van der Waals surface area contributed by atoms with Crippen LogP contribution in [0.25, 0.3) is 110 Å². The lowest BCUT2D eigenvalue weighted by molar-refractivity contribution is 0.668. The lowest BCUT2D eigenvalue weighted by atomic mass is 9.92. The van der Waals surface area contributed by atoms with Gasteiger partial charge in [0.25, 0.3) is 0 Å². The minimum atomic E-state index is 0.770. The monoisotopic (exact) mass is 627 g/mol. The molecule has 0 amide bonds. The summed E-state index contributed by atoms with van der Waals surface area (Å²) >= 11 is 0. The fraction of sp³-hybridized carbons (Fsp3) is 0. The van der Waals surface area contributed by atoms with Gasteiger partial charge in [0.1, 0.15) is 33.6 Å². The standard InChI is InChI=1S/C45H25NO3/c1-5-19-37-35(13-1)41-36-14-4-8-22-40(36)49-45(41)42(46-37)28-24-26(29-15-9-17-33-31-11-2-6-20-38(31)47-43(29)33)23-27(25-28)30-16-10-18-34-32-12-3-7-21-39(32)48-44(30)34/h1-25H. The van der Waals surface area contributed by atoms with Gasteiger partial charge in [-0.2, -0.15) is 0 Å². The molecule has 4 heterocycles. The summed E-state index contributed by atoms with van der Waals surface area (Å²) in [6.07, 6.45) is 0. The van der Waals surface area contributed by atoms with Gasteiger partial charge in [0.15, 0.2) is 5.58 Å². The zero-order valence-electron chi connectivity index (χ0n) is 26.1. The molecule has 11 rings (SSSR count). The number of hydrogen-bond donors (Lipinski definition) is 0. The Balaban J connectivity index is 1.26. The van der Waals surface area contributed by atoms with E-state index in [0.29, 0.717) is 0 Å². The molecule has 49 heavy (non-hydrogen) atoms. The van der Waals surface area contributed by atoms with E-state index in [4.69, 9.17) is 18.2 Å². The molecule has 4 nitrogen and oxygen atoms in total. The Morgan fingerprint density at radius 2 is 0.796 bits per heavy atom. The summed E-state index contributed by atoms with van der Waals surface area (Å²) in [5.74, 6) is 0. The van der Waals surface area contributed by atoms with Crippen molar-refractivity contribution in [1.82, 2.24) is 4.98 Å². The number of para-hydroxylation sites is 6. The number of benzene rings is 7. The molecule has 0 fully saturated rings. The van der Waals surface area contributed by atoms with Gasteiger partial charge in [-0.25, -0.2) is 4.98 Å². The van der Waals surface area contributed by atoms with Crippen LogP contribution in [0.1, 0.15) is 0 Å². The summed E-state index contributed by atoms with van der Waals surface area (Å²) in [4.78, 5) is 5.29. The third-order valence-electron chi connectivity index (χ3n) is 9.85. The quantitative estimate of drug-likeness (QED) is 0.196. The molecule has 0 bridgehead atoms. The van der Waals surface area contributed by atoms with Crippen LogP contribution in [0, 0.1) is 0 Å². The molecule has 4 heteroatoms. The maximum absolute atomic E-state index is 6.66. The molecule has 11 aromatic rings. The Morgan fingerprint density at radius 3 is 1.41 bits per heavy atom. The summed E-state index contributed by atoms with van der Waals surface area (Å²) in [6.45, 7) is 0. The maximum Gasteiger partial charge on any atom is 0.162 e. The van der Waals surface area contributed by atoms with E-state index in [-0.39, 0.29) is 0 Å². The van der Waals surface area contributed by atoms with E-state index in [1.165, 1.54) is 0 Å². The van der Waals surface area contributed by atoms with Gasteiger partial charge < -0.3 is 13.3 Å². The van der Waals surface area contributed by atoms with Crippen molar-refractivity contribution < 1.29 is 13.3 Å². The summed E-state index contributed by atoms with van der Waals surface area (Å²) < 4.78 is 19.8.